The standard InChI is InChI=1S/C23H32N2O5.C6H9N3O2/c1-3-30-23(29)18(13-12-16-8-5-4-6-9-16)24-15(2)21(26)25-19-11-7-10-17(19)14-20(25)22(27)28;7-5(6(10)11)1-4-2-8-3-9-4/h4-6,8-9,15,17-20,24H,3,7,10-14H2,1-2H3,(H,27,28);2-3,5H,1,7H2,(H,8,9)(H,10,11)/t15-,17-,18-,19-,20-;/m0./s1. The minimum absolute atomic E-state index is 0.00629. The molecule has 6 atom stereocenters. The van der Waals surface area contributed by atoms with Gasteiger partial charge in [0.25, 0.3) is 0 Å². The van der Waals surface area contributed by atoms with Crippen LogP contribution in [0.3, 0.4) is 0 Å². The number of nitrogens with two attached hydrogens (primary N) is 1. The predicted molar refractivity (Wildman–Crippen MR) is 150 cm³/mol. The number of hydrogen-bond donors (Lipinski definition) is 5. The van der Waals surface area contributed by atoms with Crippen LogP contribution in [0.1, 0.15) is 57.2 Å². The second-order valence-electron chi connectivity index (χ2n) is 10.5. The van der Waals surface area contributed by atoms with Crippen LogP contribution in [0.2, 0.25) is 0 Å². The van der Waals surface area contributed by atoms with Crippen molar-refractivity contribution in [3.05, 3.63) is 54.1 Å². The zero-order valence-electron chi connectivity index (χ0n) is 23.6. The van der Waals surface area contributed by atoms with E-state index in [1.54, 1.807) is 24.9 Å². The number of rotatable bonds is 12. The van der Waals surface area contributed by atoms with Crippen LogP contribution in [-0.4, -0.2) is 85.7 Å². The van der Waals surface area contributed by atoms with E-state index >= 15 is 0 Å². The van der Waals surface area contributed by atoms with Crippen LogP contribution in [0.5, 0.6) is 0 Å². The summed E-state index contributed by atoms with van der Waals surface area (Å²) in [6.07, 6.45) is 7.87. The highest BCUT2D eigenvalue weighted by molar-refractivity contribution is 5.88. The molecule has 2 fully saturated rings. The molecule has 0 spiro atoms. The number of hydrogen-bond acceptors (Lipinski definition) is 8. The number of nitrogens with zero attached hydrogens (tertiary/aromatic N) is 2. The Bertz CT molecular complexity index is 1140. The lowest BCUT2D eigenvalue weighted by molar-refractivity contribution is -0.151. The summed E-state index contributed by atoms with van der Waals surface area (Å²) in [5, 5.41) is 21.2. The second kappa shape index (κ2) is 15.3. The number of nitrogens with one attached hydrogen (secondary N) is 2. The van der Waals surface area contributed by atoms with Gasteiger partial charge in [0.2, 0.25) is 5.91 Å². The van der Waals surface area contributed by atoms with Crippen LogP contribution < -0.4 is 11.1 Å². The van der Waals surface area contributed by atoms with Crippen LogP contribution in [0.25, 0.3) is 0 Å². The molecule has 1 saturated heterocycles. The number of benzene rings is 1. The zero-order chi connectivity index (χ0) is 29.9. The summed E-state index contributed by atoms with van der Waals surface area (Å²) in [6, 6.07) is 6.91. The largest absolute Gasteiger partial charge is 0.480 e. The maximum atomic E-state index is 13.2. The maximum Gasteiger partial charge on any atom is 0.326 e. The smallest absolute Gasteiger partial charge is 0.326 e. The minimum Gasteiger partial charge on any atom is -0.480 e. The lowest BCUT2D eigenvalue weighted by Gasteiger charge is -2.31. The average Bonchev–Trinajstić information content (AvgIpc) is 3.70. The molecular weight excluding hydrogens is 530 g/mol. The fourth-order valence-electron chi connectivity index (χ4n) is 5.61. The van der Waals surface area contributed by atoms with E-state index in [-0.39, 0.29) is 36.9 Å². The highest BCUT2D eigenvalue weighted by Gasteiger charge is 2.49. The van der Waals surface area contributed by atoms with Crippen molar-refractivity contribution >= 4 is 23.8 Å². The number of aromatic nitrogens is 2. The molecular formula is C29H41N5O7. The SMILES string of the molecule is CCOC(=O)[C@H](CCc1ccccc1)N[C@@H](C)C(=O)N1[C@H](C(=O)O)C[C@@H]2CCC[C@@H]21.NC(Cc1cnc[nH]1)C(=O)O. The Labute approximate surface area is 239 Å². The molecule has 1 aromatic carbocycles. The van der Waals surface area contributed by atoms with Gasteiger partial charge in [-0.05, 0) is 57.4 Å². The quantitative estimate of drug-likeness (QED) is 0.235. The highest BCUT2D eigenvalue weighted by Crippen LogP contribution is 2.41. The van der Waals surface area contributed by atoms with Gasteiger partial charge in [-0.25, -0.2) is 9.78 Å². The summed E-state index contributed by atoms with van der Waals surface area (Å²) in [5.74, 6) is -2.31. The molecule has 2 heterocycles. The number of amides is 1. The molecule has 1 aromatic heterocycles. The number of imidazole rings is 1. The number of fused-ring (bicyclic) bond motifs is 1. The van der Waals surface area contributed by atoms with Crippen LogP contribution in [0, 0.1) is 5.92 Å². The van der Waals surface area contributed by atoms with Gasteiger partial charge >= 0.3 is 17.9 Å². The highest BCUT2D eigenvalue weighted by atomic mass is 16.5. The molecule has 224 valence electrons. The first-order valence-electron chi connectivity index (χ1n) is 14.1. The van der Waals surface area contributed by atoms with Gasteiger partial charge in [-0.3, -0.25) is 19.7 Å². The number of aliphatic carboxylic acids is 2. The molecule has 0 bridgehead atoms. The summed E-state index contributed by atoms with van der Waals surface area (Å²) in [4.78, 5) is 55.8. The molecule has 2 aromatic rings. The number of ether oxygens (including phenoxy) is 1. The second-order valence-corrected chi connectivity index (χ2v) is 10.5. The van der Waals surface area contributed by atoms with Crippen LogP contribution in [-0.2, 0) is 36.8 Å². The summed E-state index contributed by atoms with van der Waals surface area (Å²) >= 11 is 0. The van der Waals surface area contributed by atoms with E-state index < -0.39 is 36.1 Å². The normalized spacial score (nSPS) is 21.6. The Morgan fingerprint density at radius 2 is 1.93 bits per heavy atom. The van der Waals surface area contributed by atoms with Crippen molar-refractivity contribution in [1.82, 2.24) is 20.2 Å². The number of likely N-dealkylation sites (tertiary alicyclic amines) is 1. The zero-order valence-corrected chi connectivity index (χ0v) is 23.6. The van der Waals surface area contributed by atoms with E-state index in [2.05, 4.69) is 15.3 Å². The van der Waals surface area contributed by atoms with Crippen molar-refractivity contribution in [2.24, 2.45) is 11.7 Å². The molecule has 41 heavy (non-hydrogen) atoms. The van der Waals surface area contributed by atoms with Gasteiger partial charge in [0.15, 0.2) is 0 Å². The summed E-state index contributed by atoms with van der Waals surface area (Å²) in [5.41, 5.74) is 7.10. The van der Waals surface area contributed by atoms with Gasteiger partial charge in [0, 0.05) is 24.4 Å². The van der Waals surface area contributed by atoms with Crippen molar-refractivity contribution < 1.29 is 34.1 Å². The molecule has 6 N–H and O–H groups in total. The third kappa shape index (κ3) is 8.86. The molecule has 12 nitrogen and oxygen atoms in total. The lowest BCUT2D eigenvalue weighted by atomic mass is 10.0. The molecule has 12 heteroatoms. The Hall–Kier alpha value is -3.77. The first-order chi connectivity index (χ1) is 19.6. The van der Waals surface area contributed by atoms with Crippen molar-refractivity contribution in [3.63, 3.8) is 0 Å². The van der Waals surface area contributed by atoms with Crippen LogP contribution in [0.4, 0.5) is 0 Å². The van der Waals surface area contributed by atoms with E-state index in [0.29, 0.717) is 19.3 Å². The van der Waals surface area contributed by atoms with Crippen LogP contribution >= 0.6 is 0 Å². The fourth-order valence-corrected chi connectivity index (χ4v) is 5.61. The molecule has 0 radical (unpaired) electrons. The van der Waals surface area contributed by atoms with E-state index in [4.69, 9.17) is 15.6 Å². The summed E-state index contributed by atoms with van der Waals surface area (Å²) < 4.78 is 5.21. The molecule has 2 aliphatic rings. The monoisotopic (exact) mass is 571 g/mol. The molecule has 1 amide bonds. The molecule has 1 saturated carbocycles. The Kier molecular flexibility index (Phi) is 11.8. The van der Waals surface area contributed by atoms with E-state index in [0.717, 1.165) is 30.5 Å². The van der Waals surface area contributed by atoms with Gasteiger partial charge in [0.05, 0.1) is 19.0 Å². The van der Waals surface area contributed by atoms with Crippen molar-refractivity contribution in [2.75, 3.05) is 6.61 Å². The number of aromatic amines is 1. The van der Waals surface area contributed by atoms with Crippen molar-refractivity contribution in [2.45, 2.75) is 89.0 Å². The van der Waals surface area contributed by atoms with Gasteiger partial charge in [-0.1, -0.05) is 36.8 Å². The number of carboxylic acid groups (broad SMARTS) is 2. The lowest BCUT2D eigenvalue weighted by Crippen LogP contribution is -2.55. The van der Waals surface area contributed by atoms with Gasteiger partial charge in [0.1, 0.15) is 18.1 Å². The number of esters is 1. The van der Waals surface area contributed by atoms with E-state index in [1.165, 1.54) is 6.33 Å². The van der Waals surface area contributed by atoms with E-state index in [1.807, 2.05) is 30.3 Å². The summed E-state index contributed by atoms with van der Waals surface area (Å²) in [6.45, 7) is 3.72. The third-order valence-corrected chi connectivity index (χ3v) is 7.65. The average molecular weight is 572 g/mol. The summed E-state index contributed by atoms with van der Waals surface area (Å²) in [7, 11) is 0. The number of H-pyrrole nitrogens is 1. The Morgan fingerprint density at radius 1 is 1.20 bits per heavy atom. The van der Waals surface area contributed by atoms with Crippen molar-refractivity contribution in [3.8, 4) is 0 Å². The van der Waals surface area contributed by atoms with E-state index in [9.17, 15) is 24.3 Å². The Morgan fingerprint density at radius 3 is 2.54 bits per heavy atom. The number of aryl methyl sites for hydroxylation is 1. The molecule has 4 rings (SSSR count). The minimum atomic E-state index is -1.00. The number of carbonyl (C=O) groups is 4. The first kappa shape index (κ1) is 31.8. The fraction of sp³-hybridized carbons (Fsp3) is 0.552. The molecule has 1 unspecified atom stereocenters. The molecule has 1 aliphatic carbocycles. The number of carboxylic acids is 2. The van der Waals surface area contributed by atoms with Crippen molar-refractivity contribution in [1.29, 1.82) is 0 Å². The van der Waals surface area contributed by atoms with Gasteiger partial charge < -0.3 is 30.6 Å². The number of carbonyl (C=O) groups excluding carboxylic acids is 2. The molecule has 1 aliphatic heterocycles. The van der Waals surface area contributed by atoms with Crippen LogP contribution in [0.15, 0.2) is 42.9 Å². The first-order valence-corrected chi connectivity index (χ1v) is 14.1. The maximum absolute atomic E-state index is 13.2. The topological polar surface area (TPSA) is 188 Å². The predicted octanol–water partition coefficient (Wildman–Crippen LogP) is 1.75. The Balaban J connectivity index is 0.000000352. The van der Waals surface area contributed by atoms with Gasteiger partial charge in [-0.2, -0.15) is 0 Å². The van der Waals surface area contributed by atoms with Gasteiger partial charge in [-0.15, -0.1) is 0 Å². The third-order valence-electron chi connectivity index (χ3n) is 7.65.